The average molecular weight is 1670 g/mol. The van der Waals surface area contributed by atoms with Crippen LogP contribution < -0.4 is 103 Å². The summed E-state index contributed by atoms with van der Waals surface area (Å²) in [6.07, 6.45) is -2.98. The van der Waals surface area contributed by atoms with Gasteiger partial charge in [0.2, 0.25) is 106 Å². The van der Waals surface area contributed by atoms with Crippen molar-refractivity contribution in [1.82, 2.24) is 89.3 Å². The number of aliphatic carboxylic acids is 2. The third kappa shape index (κ3) is 34.9. The van der Waals surface area contributed by atoms with Crippen LogP contribution in [0.1, 0.15) is 117 Å². The fourth-order valence-corrected chi connectivity index (χ4v) is 11.5. The summed E-state index contributed by atoms with van der Waals surface area (Å²) in [4.78, 5) is 273. The van der Waals surface area contributed by atoms with E-state index in [0.29, 0.717) is 6.42 Å². The molecular formula is C70H108N22O26. The Bertz CT molecular complexity index is 3870. The summed E-state index contributed by atoms with van der Waals surface area (Å²) in [6.45, 7) is 2.78. The van der Waals surface area contributed by atoms with E-state index in [2.05, 4.69) is 84.4 Å². The molecule has 18 amide bonds. The molecule has 1 aromatic carbocycles. The predicted octanol–water partition coefficient (Wildman–Crippen LogP) is -12.3. The van der Waals surface area contributed by atoms with Gasteiger partial charge in [-0.25, -0.2) is 9.78 Å². The van der Waals surface area contributed by atoms with Crippen molar-refractivity contribution < 1.29 is 127 Å². The van der Waals surface area contributed by atoms with Crippen molar-refractivity contribution in [2.75, 3.05) is 45.9 Å². The summed E-state index contributed by atoms with van der Waals surface area (Å²) in [7, 11) is 0. The monoisotopic (exact) mass is 1670 g/mol. The number of carboxylic acid groups (broad SMARTS) is 2. The zero-order valence-electron chi connectivity index (χ0n) is 65.5. The second kappa shape index (κ2) is 50.0. The molecule has 0 unspecified atom stereocenters. The molecule has 48 heteroatoms. The first-order valence-electron chi connectivity index (χ1n) is 37.4. The number of primary amides is 3. The molecule has 3 rings (SSSR count). The summed E-state index contributed by atoms with van der Waals surface area (Å²) >= 11 is 0. The smallest absolute Gasteiger partial charge is 0.328 e. The minimum atomic E-state index is -2.05. The third-order valence-electron chi connectivity index (χ3n) is 18.0. The van der Waals surface area contributed by atoms with Crippen LogP contribution in [-0.4, -0.2) is 294 Å². The molecule has 48 nitrogen and oxygen atoms in total. The van der Waals surface area contributed by atoms with E-state index in [9.17, 15) is 121 Å². The molecular weight excluding hydrogens is 1560 g/mol. The van der Waals surface area contributed by atoms with E-state index < -0.39 is 274 Å². The number of amides is 18. The van der Waals surface area contributed by atoms with Gasteiger partial charge < -0.3 is 144 Å². The number of benzene rings is 1. The van der Waals surface area contributed by atoms with Crippen LogP contribution >= 0.6 is 0 Å². The van der Waals surface area contributed by atoms with Crippen molar-refractivity contribution in [3.8, 4) is 5.75 Å². The Labute approximate surface area is 674 Å². The van der Waals surface area contributed by atoms with Crippen LogP contribution in [-0.2, 0) is 109 Å². The van der Waals surface area contributed by atoms with Crippen LogP contribution in [0.25, 0.3) is 0 Å². The van der Waals surface area contributed by atoms with E-state index in [0.717, 1.165) is 11.8 Å². The number of aromatic hydroxyl groups is 1. The number of hydrogen-bond acceptors (Lipinski definition) is 27. The van der Waals surface area contributed by atoms with Gasteiger partial charge in [-0.05, 0) is 81.5 Å². The van der Waals surface area contributed by atoms with Crippen molar-refractivity contribution in [2.45, 2.75) is 203 Å². The van der Waals surface area contributed by atoms with E-state index in [4.69, 9.17) is 33.8 Å². The number of phenols is 1. The molecule has 1 aliphatic heterocycles. The van der Waals surface area contributed by atoms with Gasteiger partial charge in [0.25, 0.3) is 0 Å². The molecule has 654 valence electrons. The minimum absolute atomic E-state index is 0.0479. The van der Waals surface area contributed by atoms with Gasteiger partial charge in [-0.3, -0.25) is 91.1 Å². The Hall–Kier alpha value is -12.6. The lowest BCUT2D eigenvalue weighted by molar-refractivity contribution is -0.144. The van der Waals surface area contributed by atoms with Gasteiger partial charge in [0, 0.05) is 31.3 Å². The molecule has 15 atom stereocenters. The van der Waals surface area contributed by atoms with Crippen molar-refractivity contribution in [3.63, 3.8) is 0 Å². The largest absolute Gasteiger partial charge is 0.508 e. The minimum Gasteiger partial charge on any atom is -0.508 e. The normalized spacial score (nSPS) is 15.9. The van der Waals surface area contributed by atoms with Gasteiger partial charge in [-0.2, -0.15) is 0 Å². The molecule has 0 radical (unpaired) electrons. The fourth-order valence-electron chi connectivity index (χ4n) is 11.5. The quantitative estimate of drug-likeness (QED) is 0.0274. The van der Waals surface area contributed by atoms with Crippen molar-refractivity contribution in [3.05, 3.63) is 48.0 Å². The number of H-pyrrole nitrogens is 1. The Morgan fingerprint density at radius 3 is 1.51 bits per heavy atom. The summed E-state index contributed by atoms with van der Waals surface area (Å²) in [5.41, 5.74) is 28.2. The van der Waals surface area contributed by atoms with Crippen molar-refractivity contribution in [1.29, 1.82) is 0 Å². The molecule has 1 aromatic heterocycles. The van der Waals surface area contributed by atoms with Gasteiger partial charge in [0.05, 0.1) is 77.0 Å². The standard InChI is InChI=1S/C70H108N22O26/c1-6-33(4)56(91-58(105)38(72)21-55(103)104)67(114)85-43(22-49(73)97)64(111)84-42(20-36-25-76-31-80-36)59(106)79-27-53(101)77-26-52(100)78-28-54(102)90-57(34(5)95)68(115)86-44(23-50(74)98)63(110)83-41(19-35-12-14-37(96)15-13-35)62(109)87-45(24-51(75)99)69(116)92-17-9-11-48(92)66(113)88-46(29-93)65(112)82-40(18-32(2)3)61(108)81-39(10-7-8-16-71)60(107)89-47(30-94)70(117)118/h12-15,25,31-34,38-48,56-57,93-96H,6-11,16-24,26-30,71-72H2,1-5H3,(H2,73,97)(H2,74,98)(H2,75,99)(H,76,80)(H,77,101)(H,78,100)(H,79,106)(H,81,108)(H,82,112)(H,83,110)(H,84,111)(H,85,114)(H,86,115)(H,87,109)(H,88,113)(H,89,107)(H,90,102)(H,91,105)(H,103,104)(H,117,118)/t33-,34+,38-,39-,40-,41-,42-,43-,44-,45-,46-,47-,48-,56-,57-/m0/s1. The third-order valence-corrected chi connectivity index (χ3v) is 18.0. The Morgan fingerprint density at radius 2 is 1.00 bits per heavy atom. The Kier molecular flexibility index (Phi) is 42.2. The number of carbonyl (C=O) groups is 20. The number of nitrogens with zero attached hydrogens (tertiary/aromatic N) is 2. The van der Waals surface area contributed by atoms with Crippen molar-refractivity contribution in [2.24, 2.45) is 40.5 Å². The lowest BCUT2D eigenvalue weighted by atomic mass is 9.97. The topological polar surface area (TPSA) is 793 Å². The summed E-state index contributed by atoms with van der Waals surface area (Å²) in [5.74, 6) is -24.4. The number of carboxylic acids is 2. The molecule has 0 spiro atoms. The van der Waals surface area contributed by atoms with Crippen LogP contribution in [0.4, 0.5) is 0 Å². The van der Waals surface area contributed by atoms with E-state index in [1.807, 2.05) is 0 Å². The molecule has 0 saturated carbocycles. The second-order valence-corrected chi connectivity index (χ2v) is 28.2. The molecule has 118 heavy (non-hydrogen) atoms. The number of aliphatic hydroxyl groups is 3. The van der Waals surface area contributed by atoms with Crippen LogP contribution in [0.15, 0.2) is 36.8 Å². The van der Waals surface area contributed by atoms with Gasteiger partial charge in [0.15, 0.2) is 0 Å². The number of nitrogens with two attached hydrogens (primary N) is 5. The number of aromatic amines is 1. The number of imidazole rings is 1. The number of phenolic OH excluding ortho intramolecular Hbond substituents is 1. The lowest BCUT2D eigenvalue weighted by Crippen LogP contribution is -2.62. The zero-order valence-corrected chi connectivity index (χ0v) is 65.5. The van der Waals surface area contributed by atoms with E-state index >= 15 is 0 Å². The van der Waals surface area contributed by atoms with E-state index in [1.165, 1.54) is 36.8 Å². The second-order valence-electron chi connectivity index (χ2n) is 28.2. The number of nitrogens with one attached hydrogen (secondary N) is 15. The highest BCUT2D eigenvalue weighted by Crippen LogP contribution is 2.21. The number of carbonyl (C=O) groups excluding carboxylic acids is 18. The molecule has 0 bridgehead atoms. The number of aromatic nitrogens is 2. The highest BCUT2D eigenvalue weighted by atomic mass is 16.4. The number of unbranched alkanes of at least 4 members (excludes halogenated alkanes) is 1. The SMILES string of the molecule is CC[C@H](C)[C@H](NC(=O)[C@@H](N)CC(=O)O)C(=O)N[C@@H](CC(N)=O)C(=O)N[C@@H](Cc1cnc[nH]1)C(=O)NCC(=O)NCC(=O)NCC(=O)N[C@H](C(=O)N[C@@H](CC(N)=O)C(=O)N[C@@H](Cc1ccc(O)cc1)C(=O)N[C@@H](CC(N)=O)C(=O)N1CCC[C@H]1C(=O)N[C@@H](CO)C(=O)N[C@@H](CC(C)C)C(=O)N[C@@H](CCCCN)C(=O)N[C@@H](CO)C(=O)O)[C@@H](C)O. The molecule has 2 heterocycles. The summed E-state index contributed by atoms with van der Waals surface area (Å²) < 4.78 is 0. The van der Waals surface area contributed by atoms with E-state index in [-0.39, 0.29) is 81.0 Å². The van der Waals surface area contributed by atoms with Gasteiger partial charge >= 0.3 is 11.9 Å². The van der Waals surface area contributed by atoms with Crippen LogP contribution in [0.2, 0.25) is 0 Å². The molecule has 1 fully saturated rings. The first-order valence-corrected chi connectivity index (χ1v) is 37.4. The van der Waals surface area contributed by atoms with Crippen LogP contribution in [0.5, 0.6) is 5.75 Å². The number of hydrogen-bond donors (Lipinski definition) is 26. The van der Waals surface area contributed by atoms with Crippen LogP contribution in [0.3, 0.4) is 0 Å². The summed E-state index contributed by atoms with van der Waals surface area (Å²) in [6, 6.07) is -17.0. The zero-order chi connectivity index (χ0) is 88.8. The number of aliphatic hydroxyl groups excluding tert-OH is 3. The molecule has 1 saturated heterocycles. The maximum Gasteiger partial charge on any atom is 0.328 e. The van der Waals surface area contributed by atoms with E-state index in [1.54, 1.807) is 27.7 Å². The highest BCUT2D eigenvalue weighted by Gasteiger charge is 2.43. The van der Waals surface area contributed by atoms with Gasteiger partial charge in [0.1, 0.15) is 78.3 Å². The molecule has 31 N–H and O–H groups in total. The molecule has 0 aliphatic carbocycles. The summed E-state index contributed by atoms with van der Waals surface area (Å²) in [5, 5.41) is 91.0. The molecule has 1 aliphatic rings. The Morgan fingerprint density at radius 1 is 0.525 bits per heavy atom. The molecule has 2 aromatic rings. The maximum absolute atomic E-state index is 14.5. The van der Waals surface area contributed by atoms with Gasteiger partial charge in [-0.1, -0.05) is 46.2 Å². The average Bonchev–Trinajstić information content (AvgIpc) is 1.60. The van der Waals surface area contributed by atoms with Gasteiger partial charge in [-0.15, -0.1) is 0 Å². The highest BCUT2D eigenvalue weighted by molar-refractivity contribution is 6.02. The Balaban J connectivity index is 1.75. The predicted molar refractivity (Wildman–Crippen MR) is 406 cm³/mol. The lowest BCUT2D eigenvalue weighted by Gasteiger charge is -2.31. The van der Waals surface area contributed by atoms with Crippen LogP contribution in [0, 0.1) is 11.8 Å². The number of rotatable bonds is 53. The fraction of sp³-hybridized carbons (Fsp3) is 0.586. The first-order chi connectivity index (χ1) is 55.5. The maximum atomic E-state index is 14.5. The first kappa shape index (κ1) is 99.6. The van der Waals surface area contributed by atoms with Crippen molar-refractivity contribution >= 4 is 118 Å². The number of likely N-dealkylation sites (tertiary alicyclic amines) is 1.